The van der Waals surface area contributed by atoms with Crippen LogP contribution in [0.4, 0.5) is 0 Å². The van der Waals surface area contributed by atoms with Gasteiger partial charge in [-0.1, -0.05) is 13.8 Å². The fraction of sp³-hybridized carbons (Fsp3) is 0.562. The Hall–Kier alpha value is -2.31. The van der Waals surface area contributed by atoms with Crippen molar-refractivity contribution in [3.05, 3.63) is 22.5 Å². The van der Waals surface area contributed by atoms with Crippen LogP contribution in [-0.2, 0) is 14.3 Å². The van der Waals surface area contributed by atoms with Gasteiger partial charge in [0.25, 0.3) is 5.91 Å². The summed E-state index contributed by atoms with van der Waals surface area (Å²) >= 11 is 0. The number of aryl methyl sites for hydroxylation is 1. The Morgan fingerprint density at radius 2 is 1.74 bits per heavy atom. The first-order valence-corrected chi connectivity index (χ1v) is 7.43. The zero-order valence-electron chi connectivity index (χ0n) is 14.4. The van der Waals surface area contributed by atoms with E-state index in [1.807, 2.05) is 20.8 Å². The number of rotatable bonds is 6. The number of carbonyl (C=O) groups is 3. The van der Waals surface area contributed by atoms with Gasteiger partial charge >= 0.3 is 11.9 Å². The van der Waals surface area contributed by atoms with Crippen molar-refractivity contribution in [2.75, 3.05) is 13.7 Å². The Bertz CT molecular complexity index is 604. The third-order valence-corrected chi connectivity index (χ3v) is 3.75. The molecular formula is C16H24N2O5. The second-order valence-electron chi connectivity index (χ2n) is 5.79. The molecule has 1 rings (SSSR count). The smallest absolute Gasteiger partial charge is 0.355 e. The molecule has 0 spiro atoms. The molecule has 1 amide bonds. The molecule has 1 heterocycles. The molecule has 1 aromatic heterocycles. The van der Waals surface area contributed by atoms with E-state index in [9.17, 15) is 14.4 Å². The number of hydrogen-bond donors (Lipinski definition) is 2. The number of nitrogens with one attached hydrogen (secondary N) is 2. The number of aromatic amines is 1. The van der Waals surface area contributed by atoms with Crippen LogP contribution in [0.1, 0.15) is 52.9 Å². The number of amides is 1. The highest BCUT2D eigenvalue weighted by Crippen LogP contribution is 2.19. The zero-order chi connectivity index (χ0) is 17.7. The lowest BCUT2D eigenvalue weighted by molar-refractivity contribution is -0.125. The van der Waals surface area contributed by atoms with Crippen LogP contribution in [0.5, 0.6) is 0 Å². The fourth-order valence-corrected chi connectivity index (χ4v) is 2.03. The number of methoxy groups -OCH3 is 1. The second-order valence-corrected chi connectivity index (χ2v) is 5.79. The topological polar surface area (TPSA) is 97.5 Å². The van der Waals surface area contributed by atoms with Crippen LogP contribution < -0.4 is 5.32 Å². The van der Waals surface area contributed by atoms with Crippen LogP contribution in [0.15, 0.2) is 0 Å². The molecule has 2 N–H and O–H groups in total. The van der Waals surface area contributed by atoms with Crippen molar-refractivity contribution in [3.8, 4) is 0 Å². The quantitative estimate of drug-likeness (QED) is 0.777. The lowest BCUT2D eigenvalue weighted by Gasteiger charge is -2.17. The molecule has 0 saturated heterocycles. The second kappa shape index (κ2) is 7.80. The van der Waals surface area contributed by atoms with Gasteiger partial charge in [-0.25, -0.2) is 9.59 Å². The third kappa shape index (κ3) is 4.58. The van der Waals surface area contributed by atoms with E-state index in [1.54, 1.807) is 13.8 Å². The predicted octanol–water partition coefficient (Wildman–Crippen LogP) is 1.74. The molecule has 0 radical (unpaired) electrons. The maximum absolute atomic E-state index is 12.1. The van der Waals surface area contributed by atoms with Crippen LogP contribution >= 0.6 is 0 Å². The maximum Gasteiger partial charge on any atom is 0.355 e. The van der Waals surface area contributed by atoms with E-state index in [0.29, 0.717) is 16.8 Å². The number of esters is 2. The summed E-state index contributed by atoms with van der Waals surface area (Å²) in [5.74, 6) is -1.30. The number of hydrogen-bond acceptors (Lipinski definition) is 5. The van der Waals surface area contributed by atoms with Gasteiger partial charge in [0, 0.05) is 11.7 Å². The summed E-state index contributed by atoms with van der Waals surface area (Å²) < 4.78 is 9.68. The van der Waals surface area contributed by atoms with Crippen molar-refractivity contribution in [3.63, 3.8) is 0 Å². The van der Waals surface area contributed by atoms with Gasteiger partial charge < -0.3 is 19.8 Å². The van der Waals surface area contributed by atoms with Gasteiger partial charge in [-0.15, -0.1) is 0 Å². The van der Waals surface area contributed by atoms with E-state index in [1.165, 1.54) is 7.11 Å². The minimum absolute atomic E-state index is 0.0124. The molecule has 0 saturated carbocycles. The highest BCUT2D eigenvalue weighted by Gasteiger charge is 2.24. The number of carbonyl (C=O) groups excluding carboxylic acids is 3. The molecule has 1 atom stereocenters. The van der Waals surface area contributed by atoms with Gasteiger partial charge in [0.1, 0.15) is 5.69 Å². The van der Waals surface area contributed by atoms with Crippen molar-refractivity contribution in [1.29, 1.82) is 0 Å². The normalized spacial score (nSPS) is 12.0. The first-order chi connectivity index (χ1) is 10.7. The molecule has 0 bridgehead atoms. The zero-order valence-corrected chi connectivity index (χ0v) is 14.4. The molecule has 0 aromatic carbocycles. The highest BCUT2D eigenvalue weighted by molar-refractivity contribution is 5.99. The van der Waals surface area contributed by atoms with Crippen molar-refractivity contribution in [1.82, 2.24) is 10.3 Å². The Kier molecular flexibility index (Phi) is 6.36. The molecule has 23 heavy (non-hydrogen) atoms. The van der Waals surface area contributed by atoms with E-state index in [-0.39, 0.29) is 30.2 Å². The fourth-order valence-electron chi connectivity index (χ4n) is 2.03. The van der Waals surface area contributed by atoms with Crippen molar-refractivity contribution in [2.45, 2.75) is 40.7 Å². The summed E-state index contributed by atoms with van der Waals surface area (Å²) in [4.78, 5) is 38.3. The standard InChI is InChI=1S/C16H24N2O5/c1-8(2)10(4)17-12(19)7-23-16(21)14-9(3)13(11(5)18-14)15(20)22-6/h8,10,18H,7H2,1-6H3,(H,17,19)/t10-/m0/s1. The first-order valence-electron chi connectivity index (χ1n) is 7.43. The maximum atomic E-state index is 12.1. The lowest BCUT2D eigenvalue weighted by atomic mass is 10.1. The highest BCUT2D eigenvalue weighted by atomic mass is 16.5. The monoisotopic (exact) mass is 324 g/mol. The summed E-state index contributed by atoms with van der Waals surface area (Å²) in [5.41, 5.74) is 1.40. The third-order valence-electron chi connectivity index (χ3n) is 3.75. The van der Waals surface area contributed by atoms with Gasteiger partial charge in [-0.2, -0.15) is 0 Å². The van der Waals surface area contributed by atoms with E-state index in [0.717, 1.165) is 0 Å². The Morgan fingerprint density at radius 3 is 2.26 bits per heavy atom. The Balaban J connectivity index is 2.73. The van der Waals surface area contributed by atoms with E-state index < -0.39 is 11.9 Å². The minimum atomic E-state index is -0.687. The average Bonchev–Trinajstić information content (AvgIpc) is 2.78. The van der Waals surface area contributed by atoms with Gasteiger partial charge in [-0.3, -0.25) is 4.79 Å². The largest absolute Gasteiger partial charge is 0.465 e. The van der Waals surface area contributed by atoms with Crippen molar-refractivity contribution < 1.29 is 23.9 Å². The molecule has 0 aliphatic rings. The predicted molar refractivity (Wildman–Crippen MR) is 84.3 cm³/mol. The Labute approximate surface area is 135 Å². The van der Waals surface area contributed by atoms with Crippen LogP contribution in [0.3, 0.4) is 0 Å². The molecule has 7 nitrogen and oxygen atoms in total. The van der Waals surface area contributed by atoms with Crippen LogP contribution in [0.25, 0.3) is 0 Å². The molecule has 0 aliphatic heterocycles. The van der Waals surface area contributed by atoms with Gasteiger partial charge in [0.2, 0.25) is 0 Å². The summed E-state index contributed by atoms with van der Waals surface area (Å²) in [6.07, 6.45) is 0. The van der Waals surface area contributed by atoms with E-state index in [2.05, 4.69) is 15.0 Å². The van der Waals surface area contributed by atoms with Gasteiger partial charge in [0.05, 0.1) is 12.7 Å². The van der Waals surface area contributed by atoms with Crippen LogP contribution in [0.2, 0.25) is 0 Å². The molecule has 128 valence electrons. The summed E-state index contributed by atoms with van der Waals surface area (Å²) in [6.45, 7) is 8.75. The summed E-state index contributed by atoms with van der Waals surface area (Å²) in [6, 6.07) is -0.0124. The average molecular weight is 324 g/mol. The lowest BCUT2D eigenvalue weighted by Crippen LogP contribution is -2.38. The van der Waals surface area contributed by atoms with Crippen LogP contribution in [-0.4, -0.2) is 42.6 Å². The van der Waals surface area contributed by atoms with Gasteiger partial charge in [-0.05, 0) is 32.3 Å². The minimum Gasteiger partial charge on any atom is -0.465 e. The first kappa shape index (κ1) is 18.7. The molecular weight excluding hydrogens is 300 g/mol. The van der Waals surface area contributed by atoms with Crippen LogP contribution in [0, 0.1) is 19.8 Å². The van der Waals surface area contributed by atoms with Gasteiger partial charge in [0.15, 0.2) is 6.61 Å². The van der Waals surface area contributed by atoms with Crippen molar-refractivity contribution >= 4 is 17.8 Å². The van der Waals surface area contributed by atoms with Crippen molar-refractivity contribution in [2.24, 2.45) is 5.92 Å². The number of H-pyrrole nitrogens is 1. The molecule has 1 aromatic rings. The molecule has 0 aliphatic carbocycles. The Morgan fingerprint density at radius 1 is 1.13 bits per heavy atom. The summed E-state index contributed by atoms with van der Waals surface area (Å²) in [5, 5.41) is 2.74. The SMILES string of the molecule is COC(=O)c1c(C)[nH]c(C(=O)OCC(=O)N[C@@H](C)C(C)C)c1C. The molecule has 7 heteroatoms. The van der Waals surface area contributed by atoms with E-state index in [4.69, 9.17) is 4.74 Å². The van der Waals surface area contributed by atoms with E-state index >= 15 is 0 Å². The number of ether oxygens (including phenoxy) is 2. The summed E-state index contributed by atoms with van der Waals surface area (Å²) in [7, 11) is 1.27. The number of aromatic nitrogens is 1. The molecule has 0 unspecified atom stereocenters. The molecule has 0 fully saturated rings.